The van der Waals surface area contributed by atoms with Crippen LogP contribution >= 0.6 is 12.2 Å². The summed E-state index contributed by atoms with van der Waals surface area (Å²) in [5, 5.41) is 11.3. The molecule has 2 aromatic rings. The van der Waals surface area contributed by atoms with Gasteiger partial charge in [0.15, 0.2) is 4.77 Å². The molecule has 176 valence electrons. The van der Waals surface area contributed by atoms with Crippen LogP contribution in [0.3, 0.4) is 0 Å². The minimum atomic E-state index is -0.575. The van der Waals surface area contributed by atoms with Gasteiger partial charge >= 0.3 is 5.97 Å². The van der Waals surface area contributed by atoms with Crippen LogP contribution in [0.25, 0.3) is 12.2 Å². The number of allylic oxidation sites excluding steroid dienone is 2. The summed E-state index contributed by atoms with van der Waals surface area (Å²) in [5.74, 6) is -1.13. The monoisotopic (exact) mass is 480 g/mol. The number of aliphatic imine (C=N–C) groups is 1. The zero-order chi connectivity index (χ0) is 25.0. The van der Waals surface area contributed by atoms with Crippen molar-refractivity contribution in [3.05, 3.63) is 79.0 Å². The number of carbonyl (C=O) groups excluding carboxylic acids is 2. The Hall–Kier alpha value is -4.05. The van der Waals surface area contributed by atoms with Crippen LogP contribution in [0.4, 0.5) is 0 Å². The van der Waals surface area contributed by atoms with E-state index in [1.165, 1.54) is 12.2 Å². The molecule has 0 saturated carbocycles. The second-order valence-corrected chi connectivity index (χ2v) is 7.94. The van der Waals surface area contributed by atoms with E-state index in [2.05, 4.69) is 33.1 Å². The maximum Gasteiger partial charge on any atom is 0.306 e. The first-order valence-corrected chi connectivity index (χ1v) is 10.8. The summed E-state index contributed by atoms with van der Waals surface area (Å²) >= 11 is 4.88. The van der Waals surface area contributed by atoms with Crippen LogP contribution in [0, 0.1) is 11.7 Å². The number of nitrogens with zero attached hydrogens (tertiary/aromatic N) is 1. The van der Waals surface area contributed by atoms with E-state index in [9.17, 15) is 19.5 Å². The van der Waals surface area contributed by atoms with E-state index in [0.29, 0.717) is 34.0 Å². The fourth-order valence-corrected chi connectivity index (χ4v) is 3.74. The van der Waals surface area contributed by atoms with Crippen molar-refractivity contribution in [1.82, 2.24) is 15.0 Å². The Morgan fingerprint density at radius 3 is 2.53 bits per heavy atom. The Kier molecular flexibility index (Phi) is 7.42. The Bertz CT molecular complexity index is 1500. The molecule has 0 bridgehead atoms. The Morgan fingerprint density at radius 1 is 1.15 bits per heavy atom. The van der Waals surface area contributed by atoms with Crippen molar-refractivity contribution in [3.63, 3.8) is 0 Å². The molecule has 1 aliphatic rings. The molecule has 4 N–H and O–H groups in total. The van der Waals surface area contributed by atoms with Crippen molar-refractivity contribution in [2.75, 3.05) is 6.61 Å². The van der Waals surface area contributed by atoms with Crippen LogP contribution < -0.4 is 16.3 Å². The van der Waals surface area contributed by atoms with Crippen molar-refractivity contribution in [2.45, 2.75) is 26.7 Å². The van der Waals surface area contributed by atoms with Gasteiger partial charge in [-0.1, -0.05) is 25.3 Å². The number of aromatic hydroxyl groups is 1. The molecular weight excluding hydrogens is 456 g/mol. The maximum absolute atomic E-state index is 12.4. The second kappa shape index (κ2) is 10.3. The third-order valence-corrected chi connectivity index (χ3v) is 5.55. The molecule has 0 aliphatic carbocycles. The molecule has 3 heterocycles. The number of amides is 1. The van der Waals surface area contributed by atoms with Crippen LogP contribution in [-0.4, -0.2) is 44.3 Å². The zero-order valence-corrected chi connectivity index (χ0v) is 19.6. The number of hydrogen-bond acceptors (Lipinski definition) is 6. The number of hydrogen-bond donors (Lipinski definition) is 4. The first-order valence-electron chi connectivity index (χ1n) is 10.4. The van der Waals surface area contributed by atoms with Crippen LogP contribution in [0.5, 0.6) is 5.88 Å². The number of aromatic nitrogens is 3. The maximum atomic E-state index is 12.4. The molecule has 2 aromatic heterocycles. The standard InChI is InChI=1S/C24H24N4O5S/c1-5-9-33-20(29)8-7-15-12(3)17(11-19-14(6-2)13(4)21(30)26-19)25-18(15)10-16-22(31)27-24(34)28-23(16)32/h5-6,10-11,25H,1-2,7-9H2,3-4H3,(H3,27,28,31,32,34)/b17-11-,18-10-. The van der Waals surface area contributed by atoms with Crippen molar-refractivity contribution >= 4 is 42.0 Å². The van der Waals surface area contributed by atoms with Crippen LogP contribution in [0.15, 0.2) is 46.2 Å². The van der Waals surface area contributed by atoms with E-state index in [4.69, 9.17) is 17.0 Å². The van der Waals surface area contributed by atoms with Gasteiger partial charge in [-0.2, -0.15) is 0 Å². The summed E-state index contributed by atoms with van der Waals surface area (Å²) in [4.78, 5) is 48.7. The van der Waals surface area contributed by atoms with E-state index < -0.39 is 11.5 Å². The number of aromatic amines is 3. The van der Waals surface area contributed by atoms with Gasteiger partial charge in [-0.05, 0) is 55.8 Å². The topological polar surface area (TPSA) is 140 Å². The van der Waals surface area contributed by atoms with E-state index in [0.717, 1.165) is 11.1 Å². The Labute approximate surface area is 199 Å². The van der Waals surface area contributed by atoms with Gasteiger partial charge in [-0.3, -0.25) is 19.4 Å². The molecule has 0 spiro atoms. The summed E-state index contributed by atoms with van der Waals surface area (Å²) in [5.41, 5.74) is 2.48. The highest BCUT2D eigenvalue weighted by atomic mass is 32.1. The molecule has 0 saturated heterocycles. The minimum absolute atomic E-state index is 0.00968. The summed E-state index contributed by atoms with van der Waals surface area (Å²) < 4.78 is 5.05. The molecule has 0 atom stereocenters. The average Bonchev–Trinajstić information content (AvgIpc) is 3.22. The average molecular weight is 481 g/mol. The van der Waals surface area contributed by atoms with Crippen molar-refractivity contribution in [1.29, 1.82) is 0 Å². The Morgan fingerprint density at radius 2 is 1.88 bits per heavy atom. The molecule has 0 aromatic carbocycles. The molecule has 9 nitrogen and oxygen atoms in total. The highest BCUT2D eigenvalue weighted by Gasteiger charge is 2.20. The van der Waals surface area contributed by atoms with Gasteiger partial charge in [0.1, 0.15) is 12.2 Å². The first-order chi connectivity index (χ1) is 16.2. The van der Waals surface area contributed by atoms with Gasteiger partial charge in [0.05, 0.1) is 5.71 Å². The fraction of sp³-hybridized carbons (Fsp3) is 0.208. The normalized spacial score (nSPS) is 14.5. The number of H-pyrrole nitrogens is 3. The van der Waals surface area contributed by atoms with Gasteiger partial charge in [-0.15, -0.1) is 0 Å². The largest absolute Gasteiger partial charge is 0.494 e. The van der Waals surface area contributed by atoms with Gasteiger partial charge in [0.25, 0.3) is 11.5 Å². The van der Waals surface area contributed by atoms with E-state index in [1.54, 1.807) is 19.1 Å². The second-order valence-electron chi connectivity index (χ2n) is 7.53. The molecule has 1 aliphatic heterocycles. The minimum Gasteiger partial charge on any atom is -0.494 e. The lowest BCUT2D eigenvalue weighted by Gasteiger charge is -2.03. The van der Waals surface area contributed by atoms with Crippen molar-refractivity contribution < 1.29 is 19.4 Å². The third kappa shape index (κ3) is 5.12. The van der Waals surface area contributed by atoms with Gasteiger partial charge in [0, 0.05) is 28.3 Å². The molecule has 0 unspecified atom stereocenters. The van der Waals surface area contributed by atoms with Gasteiger partial charge in [-0.25, -0.2) is 4.99 Å². The van der Waals surface area contributed by atoms with Crippen molar-refractivity contribution in [3.8, 4) is 5.88 Å². The molecule has 0 fully saturated rings. The zero-order valence-electron chi connectivity index (χ0n) is 18.8. The molecule has 10 heteroatoms. The number of nitrogens with one attached hydrogen (secondary N) is 3. The lowest BCUT2D eigenvalue weighted by molar-refractivity contribution is -0.142. The SMILES string of the molecule is C=CCOC(=O)CCc1c(C)/c(=C/C2=NC(=O)C(C)=C2C=C)[nH]/c1=C\c1c(O)[nH]c(=S)[nH]c1=O. The number of esters is 1. The number of ether oxygens (including phenoxy) is 1. The number of carbonyl (C=O) groups is 2. The summed E-state index contributed by atoms with van der Waals surface area (Å²) in [7, 11) is 0. The van der Waals surface area contributed by atoms with Crippen LogP contribution in [0.1, 0.15) is 30.0 Å². The molecule has 3 rings (SSSR count). The Balaban J connectivity index is 2.18. The van der Waals surface area contributed by atoms with E-state index in [-0.39, 0.29) is 35.1 Å². The van der Waals surface area contributed by atoms with Gasteiger partial charge in [0.2, 0.25) is 5.88 Å². The molecule has 1 amide bonds. The number of rotatable bonds is 8. The van der Waals surface area contributed by atoms with Crippen LogP contribution in [0.2, 0.25) is 0 Å². The predicted octanol–water partition coefficient (Wildman–Crippen LogP) is 1.53. The fourth-order valence-electron chi connectivity index (χ4n) is 3.55. The molecular formula is C24H24N4O5S. The van der Waals surface area contributed by atoms with Crippen LogP contribution in [-0.2, 0) is 20.7 Å². The quantitative estimate of drug-likeness (QED) is 0.257. The predicted molar refractivity (Wildman–Crippen MR) is 132 cm³/mol. The van der Waals surface area contributed by atoms with E-state index >= 15 is 0 Å². The van der Waals surface area contributed by atoms with E-state index in [1.807, 2.05) is 6.92 Å². The summed E-state index contributed by atoms with van der Waals surface area (Å²) in [6.45, 7) is 10.9. The smallest absolute Gasteiger partial charge is 0.306 e. The lowest BCUT2D eigenvalue weighted by atomic mass is 10.0. The van der Waals surface area contributed by atoms with Gasteiger partial charge < -0.3 is 19.8 Å². The summed E-state index contributed by atoms with van der Waals surface area (Å²) in [6.07, 6.45) is 6.61. The summed E-state index contributed by atoms with van der Waals surface area (Å²) in [6, 6.07) is 0. The van der Waals surface area contributed by atoms with Crippen molar-refractivity contribution in [2.24, 2.45) is 4.99 Å². The molecule has 0 radical (unpaired) electrons. The highest BCUT2D eigenvalue weighted by molar-refractivity contribution is 7.71. The lowest BCUT2D eigenvalue weighted by Crippen LogP contribution is -2.18. The highest BCUT2D eigenvalue weighted by Crippen LogP contribution is 2.18. The molecule has 34 heavy (non-hydrogen) atoms. The first kappa shape index (κ1) is 24.6. The third-order valence-electron chi connectivity index (χ3n) is 5.35.